The van der Waals surface area contributed by atoms with Crippen LogP contribution in [0.4, 0.5) is 0 Å². The molecule has 15 heavy (non-hydrogen) atoms. The van der Waals surface area contributed by atoms with E-state index in [0.29, 0.717) is 6.42 Å². The lowest BCUT2D eigenvalue weighted by Crippen LogP contribution is -1.96. The van der Waals surface area contributed by atoms with Crippen LogP contribution in [0.3, 0.4) is 0 Å². The molecule has 2 nitrogen and oxygen atoms in total. The number of hydrogen-bond donors (Lipinski definition) is 0. The van der Waals surface area contributed by atoms with Crippen LogP contribution in [0, 0.1) is 0 Å². The number of hydrogen-bond acceptors (Lipinski definition) is 1. The van der Waals surface area contributed by atoms with Gasteiger partial charge in [-0.25, -0.2) is 9.90 Å². The number of fused-ring (bicyclic) bond motifs is 1. The molecule has 0 aromatic heterocycles. The lowest BCUT2D eigenvalue weighted by molar-refractivity contribution is -0.143. The van der Waals surface area contributed by atoms with Gasteiger partial charge in [0, 0.05) is 0 Å². The van der Waals surface area contributed by atoms with Crippen molar-refractivity contribution in [2.24, 2.45) is 0 Å². The minimum atomic E-state index is -0.997. The van der Waals surface area contributed by atoms with Gasteiger partial charge in [0.15, 0.2) is 0 Å². The Labute approximate surface area is 88.2 Å². The molecule has 2 rings (SSSR count). The molecule has 0 saturated carbocycles. The fourth-order valence-electron chi connectivity index (χ4n) is 1.75. The quantitative estimate of drug-likeness (QED) is 0.748. The van der Waals surface area contributed by atoms with Gasteiger partial charge < -0.3 is 0 Å². The summed E-state index contributed by atoms with van der Waals surface area (Å²) in [7, 11) is 0. The normalized spacial score (nSPS) is 10.4. The van der Waals surface area contributed by atoms with Crippen molar-refractivity contribution in [1.82, 2.24) is 0 Å². The zero-order chi connectivity index (χ0) is 10.7. The van der Waals surface area contributed by atoms with Crippen molar-refractivity contribution in [3.8, 4) is 0 Å². The molecule has 0 saturated heterocycles. The highest BCUT2D eigenvalue weighted by molar-refractivity contribution is 5.86. The fourth-order valence-corrected chi connectivity index (χ4v) is 1.75. The maximum Gasteiger partial charge on any atom is 0.355 e. The van der Waals surface area contributed by atoms with Crippen LogP contribution < -0.4 is 0 Å². The molecule has 2 heteroatoms. The predicted molar refractivity (Wildman–Crippen MR) is 58.0 cm³/mol. The van der Waals surface area contributed by atoms with Gasteiger partial charge in [0.1, 0.15) is 0 Å². The average Bonchev–Trinajstić information content (AvgIpc) is 2.26. The van der Waals surface area contributed by atoms with Crippen LogP contribution in [0.2, 0.25) is 0 Å². The van der Waals surface area contributed by atoms with E-state index in [9.17, 15) is 9.90 Å². The second-order valence-electron chi connectivity index (χ2n) is 3.51. The van der Waals surface area contributed by atoms with E-state index in [-0.39, 0.29) is 6.42 Å². The molecule has 1 radical (unpaired) electrons. The third-order valence-electron chi connectivity index (χ3n) is 2.48. The highest BCUT2D eigenvalue weighted by atomic mass is 16.4. The molecule has 0 aliphatic carbocycles. The molecule has 2 aromatic carbocycles. The summed E-state index contributed by atoms with van der Waals surface area (Å²) in [5.41, 5.74) is 1.07. The van der Waals surface area contributed by atoms with Gasteiger partial charge in [-0.3, -0.25) is 0 Å². The first-order chi connectivity index (χ1) is 7.27. The van der Waals surface area contributed by atoms with Crippen molar-refractivity contribution >= 4 is 16.7 Å². The number of benzene rings is 2. The first-order valence-corrected chi connectivity index (χ1v) is 4.94. The minimum Gasteiger partial charge on any atom is -0.247 e. The van der Waals surface area contributed by atoms with Gasteiger partial charge in [0.25, 0.3) is 0 Å². The smallest absolute Gasteiger partial charge is 0.247 e. The largest absolute Gasteiger partial charge is 0.355 e. The van der Waals surface area contributed by atoms with Gasteiger partial charge in [0.05, 0.1) is 6.42 Å². The van der Waals surface area contributed by atoms with Crippen LogP contribution in [0.5, 0.6) is 0 Å². The number of rotatable bonds is 3. The standard InChI is InChI=1S/C13H11O2/c14-13(15)9-8-11-6-3-5-10-4-1-2-7-12(10)11/h1-7H,8-9H2. The first-order valence-electron chi connectivity index (χ1n) is 4.94. The Kier molecular flexibility index (Phi) is 2.68. The van der Waals surface area contributed by atoms with Crippen LogP contribution in [-0.2, 0) is 16.3 Å². The Bertz CT molecular complexity index is 483. The zero-order valence-electron chi connectivity index (χ0n) is 8.27. The Hall–Kier alpha value is -1.83. The molecule has 0 spiro atoms. The summed E-state index contributed by atoms with van der Waals surface area (Å²) in [5.74, 6) is -0.997. The Morgan fingerprint density at radius 2 is 1.73 bits per heavy atom. The van der Waals surface area contributed by atoms with Crippen molar-refractivity contribution in [3.63, 3.8) is 0 Å². The SMILES string of the molecule is [O]C(=O)CCc1cccc2ccccc12. The second kappa shape index (κ2) is 4.13. The van der Waals surface area contributed by atoms with Crippen molar-refractivity contribution in [3.05, 3.63) is 48.0 Å². The minimum absolute atomic E-state index is 0.0774. The van der Waals surface area contributed by atoms with Crippen LogP contribution in [0.1, 0.15) is 12.0 Å². The monoisotopic (exact) mass is 199 g/mol. The molecule has 0 aliphatic heterocycles. The van der Waals surface area contributed by atoms with Crippen LogP contribution in [-0.4, -0.2) is 5.97 Å². The molecule has 0 unspecified atom stereocenters. The van der Waals surface area contributed by atoms with Gasteiger partial charge in [-0.05, 0) is 22.8 Å². The number of carbonyl (C=O) groups is 1. The lowest BCUT2D eigenvalue weighted by Gasteiger charge is -2.03. The highest BCUT2D eigenvalue weighted by Crippen LogP contribution is 2.19. The van der Waals surface area contributed by atoms with Crippen molar-refractivity contribution < 1.29 is 9.90 Å². The summed E-state index contributed by atoms with van der Waals surface area (Å²) in [5, 5.41) is 12.7. The molecule has 0 aliphatic rings. The number of carbonyl (C=O) groups excluding carboxylic acids is 1. The Morgan fingerprint density at radius 3 is 2.53 bits per heavy atom. The average molecular weight is 199 g/mol. The van der Waals surface area contributed by atoms with Gasteiger partial charge in [-0.2, -0.15) is 0 Å². The highest BCUT2D eigenvalue weighted by Gasteiger charge is 2.04. The van der Waals surface area contributed by atoms with E-state index >= 15 is 0 Å². The van der Waals surface area contributed by atoms with Crippen LogP contribution in [0.15, 0.2) is 42.5 Å². The van der Waals surface area contributed by atoms with E-state index < -0.39 is 5.97 Å². The summed E-state index contributed by atoms with van der Waals surface area (Å²) >= 11 is 0. The summed E-state index contributed by atoms with van der Waals surface area (Å²) < 4.78 is 0. The van der Waals surface area contributed by atoms with Crippen LogP contribution >= 0.6 is 0 Å². The molecular formula is C13H11O2. The van der Waals surface area contributed by atoms with Gasteiger partial charge in [-0.1, -0.05) is 42.5 Å². The Morgan fingerprint density at radius 1 is 1.00 bits per heavy atom. The van der Waals surface area contributed by atoms with E-state index in [0.717, 1.165) is 16.3 Å². The molecule has 2 aromatic rings. The summed E-state index contributed by atoms with van der Waals surface area (Å²) in [6, 6.07) is 13.9. The zero-order valence-corrected chi connectivity index (χ0v) is 8.27. The molecule has 0 bridgehead atoms. The van der Waals surface area contributed by atoms with Crippen LogP contribution in [0.25, 0.3) is 10.8 Å². The summed E-state index contributed by atoms with van der Waals surface area (Å²) in [6.07, 6.45) is 0.609. The second-order valence-corrected chi connectivity index (χ2v) is 3.51. The molecule has 0 N–H and O–H groups in total. The predicted octanol–water partition coefficient (Wildman–Crippen LogP) is 2.73. The first kappa shape index (κ1) is 9.71. The summed E-state index contributed by atoms with van der Waals surface area (Å²) in [4.78, 5) is 10.4. The number of aryl methyl sites for hydroxylation is 1. The third-order valence-corrected chi connectivity index (χ3v) is 2.48. The molecule has 75 valence electrons. The molecule has 0 atom stereocenters. The van der Waals surface area contributed by atoms with E-state index in [1.165, 1.54) is 0 Å². The molecule has 0 heterocycles. The van der Waals surface area contributed by atoms with Gasteiger partial charge in [-0.15, -0.1) is 0 Å². The maximum absolute atomic E-state index is 10.4. The fraction of sp³-hybridized carbons (Fsp3) is 0.154. The molecule has 0 fully saturated rings. The van der Waals surface area contributed by atoms with E-state index in [4.69, 9.17) is 0 Å². The molecule has 0 amide bonds. The van der Waals surface area contributed by atoms with E-state index in [1.54, 1.807) is 0 Å². The lowest BCUT2D eigenvalue weighted by atomic mass is 10.0. The van der Waals surface area contributed by atoms with E-state index in [1.807, 2.05) is 42.5 Å². The molecular weight excluding hydrogens is 188 g/mol. The van der Waals surface area contributed by atoms with Gasteiger partial charge in [0.2, 0.25) is 0 Å². The topological polar surface area (TPSA) is 37.0 Å². The maximum atomic E-state index is 10.4. The van der Waals surface area contributed by atoms with Gasteiger partial charge >= 0.3 is 5.97 Å². The third kappa shape index (κ3) is 2.15. The van der Waals surface area contributed by atoms with E-state index in [2.05, 4.69) is 0 Å². The van der Waals surface area contributed by atoms with Crippen molar-refractivity contribution in [2.45, 2.75) is 12.8 Å². The van der Waals surface area contributed by atoms with Crippen molar-refractivity contribution in [2.75, 3.05) is 0 Å². The van der Waals surface area contributed by atoms with Crippen molar-refractivity contribution in [1.29, 1.82) is 0 Å². The Balaban J connectivity index is 2.38. The summed E-state index contributed by atoms with van der Waals surface area (Å²) in [6.45, 7) is 0.